The molecule has 0 unspecified atom stereocenters. The highest BCUT2D eigenvalue weighted by atomic mass is 35.5. The Morgan fingerprint density at radius 2 is 1.80 bits per heavy atom. The highest BCUT2D eigenvalue weighted by Crippen LogP contribution is 2.34. The molecule has 4 nitrogen and oxygen atoms in total. The van der Waals surface area contributed by atoms with E-state index < -0.39 is 11.7 Å². The summed E-state index contributed by atoms with van der Waals surface area (Å²) in [5, 5.41) is 4.24. The van der Waals surface area contributed by atoms with Crippen LogP contribution in [0.4, 0.5) is 18.9 Å². The van der Waals surface area contributed by atoms with E-state index in [9.17, 15) is 13.2 Å². The number of hydrogen-bond acceptors (Lipinski definition) is 4. The summed E-state index contributed by atoms with van der Waals surface area (Å²) >= 11 is 5.93. The van der Waals surface area contributed by atoms with Crippen LogP contribution in [0.15, 0.2) is 41.5 Å². The lowest BCUT2D eigenvalue weighted by molar-refractivity contribution is -0.137. The van der Waals surface area contributed by atoms with Gasteiger partial charge >= 0.3 is 6.18 Å². The Morgan fingerprint density at radius 1 is 1.08 bits per heavy atom. The maximum absolute atomic E-state index is 12.8. The number of hydrogen-bond donors (Lipinski definition) is 1. The minimum atomic E-state index is -4.46. The highest BCUT2D eigenvalue weighted by Gasteiger charge is 2.30. The van der Waals surface area contributed by atoms with Gasteiger partial charge in [-0.25, -0.2) is 0 Å². The van der Waals surface area contributed by atoms with Gasteiger partial charge in [-0.1, -0.05) is 11.6 Å². The smallest absolute Gasteiger partial charge is 0.416 e. The summed E-state index contributed by atoms with van der Waals surface area (Å²) in [4.78, 5) is 0. The fourth-order valence-electron chi connectivity index (χ4n) is 2.09. The molecule has 0 amide bonds. The van der Waals surface area contributed by atoms with Gasteiger partial charge in [0.05, 0.1) is 36.2 Å². The van der Waals surface area contributed by atoms with Crippen LogP contribution in [0.2, 0.25) is 5.02 Å². The third-order valence-corrected chi connectivity index (χ3v) is 3.77. The van der Waals surface area contributed by atoms with Crippen LogP contribution < -0.4 is 14.9 Å². The van der Waals surface area contributed by atoms with Gasteiger partial charge in [-0.05, 0) is 37.3 Å². The van der Waals surface area contributed by atoms with E-state index in [4.69, 9.17) is 21.1 Å². The zero-order chi connectivity index (χ0) is 18.6. The summed E-state index contributed by atoms with van der Waals surface area (Å²) in [6.45, 7) is 1.69. The number of rotatable bonds is 5. The van der Waals surface area contributed by atoms with E-state index in [0.29, 0.717) is 22.8 Å². The van der Waals surface area contributed by atoms with E-state index in [1.165, 1.54) is 20.3 Å². The Balaban J connectivity index is 2.30. The van der Waals surface area contributed by atoms with Gasteiger partial charge in [-0.15, -0.1) is 0 Å². The predicted octanol–water partition coefficient (Wildman–Crippen LogP) is 5.21. The molecule has 134 valence electrons. The minimum absolute atomic E-state index is 0.0586. The predicted molar refractivity (Wildman–Crippen MR) is 91.8 cm³/mol. The summed E-state index contributed by atoms with van der Waals surface area (Å²) < 4.78 is 48.8. The lowest BCUT2D eigenvalue weighted by Gasteiger charge is -2.12. The van der Waals surface area contributed by atoms with Crippen molar-refractivity contribution in [2.75, 3.05) is 19.6 Å². The van der Waals surface area contributed by atoms with Crippen LogP contribution in [-0.2, 0) is 6.18 Å². The van der Waals surface area contributed by atoms with Crippen LogP contribution in [0, 0.1) is 0 Å². The molecule has 0 aromatic heterocycles. The van der Waals surface area contributed by atoms with Crippen molar-refractivity contribution in [2.45, 2.75) is 13.1 Å². The molecule has 0 saturated carbocycles. The Labute approximate surface area is 148 Å². The summed E-state index contributed by atoms with van der Waals surface area (Å²) in [5.41, 5.74) is 2.99. The maximum atomic E-state index is 12.8. The Kier molecular flexibility index (Phi) is 5.79. The topological polar surface area (TPSA) is 42.8 Å². The first-order chi connectivity index (χ1) is 11.8. The van der Waals surface area contributed by atoms with Crippen LogP contribution in [0.1, 0.15) is 18.1 Å². The number of halogens is 4. The second kappa shape index (κ2) is 7.65. The molecular weight excluding hydrogens is 357 g/mol. The maximum Gasteiger partial charge on any atom is 0.416 e. The first kappa shape index (κ1) is 18.9. The van der Waals surface area contributed by atoms with Gasteiger partial charge in [0.2, 0.25) is 0 Å². The Bertz CT molecular complexity index is 792. The molecule has 2 aromatic rings. The van der Waals surface area contributed by atoms with Crippen LogP contribution in [0.5, 0.6) is 11.5 Å². The van der Waals surface area contributed by atoms with E-state index in [0.717, 1.165) is 12.1 Å². The van der Waals surface area contributed by atoms with Gasteiger partial charge < -0.3 is 9.47 Å². The lowest BCUT2D eigenvalue weighted by Crippen LogP contribution is -2.06. The average molecular weight is 373 g/mol. The first-order valence-corrected chi connectivity index (χ1v) is 7.53. The molecule has 0 fully saturated rings. The molecule has 0 aliphatic carbocycles. The normalized spacial score (nSPS) is 12.0. The van der Waals surface area contributed by atoms with E-state index in [1.54, 1.807) is 25.1 Å². The molecule has 0 saturated heterocycles. The summed E-state index contributed by atoms with van der Waals surface area (Å²) in [7, 11) is 3.04. The van der Waals surface area contributed by atoms with E-state index in [2.05, 4.69) is 10.5 Å². The van der Waals surface area contributed by atoms with Gasteiger partial charge in [-0.2, -0.15) is 18.3 Å². The number of benzene rings is 2. The monoisotopic (exact) mass is 372 g/mol. The Morgan fingerprint density at radius 3 is 2.40 bits per heavy atom. The summed E-state index contributed by atoms with van der Waals surface area (Å²) in [6.07, 6.45) is -4.46. The van der Waals surface area contributed by atoms with Gasteiger partial charge in [0.15, 0.2) is 0 Å². The molecule has 0 atom stereocenters. The number of methoxy groups -OCH3 is 2. The van der Waals surface area contributed by atoms with Crippen LogP contribution in [0.25, 0.3) is 0 Å². The molecule has 0 spiro atoms. The van der Waals surface area contributed by atoms with Crippen molar-refractivity contribution in [1.29, 1.82) is 0 Å². The highest BCUT2D eigenvalue weighted by molar-refractivity contribution is 6.33. The number of hydrazone groups is 1. The van der Waals surface area contributed by atoms with E-state index in [1.807, 2.05) is 0 Å². The molecule has 0 aliphatic heterocycles. The largest absolute Gasteiger partial charge is 0.497 e. The number of nitrogens with zero attached hydrogens (tertiary/aromatic N) is 1. The molecule has 1 N–H and O–H groups in total. The van der Waals surface area contributed by atoms with Crippen LogP contribution >= 0.6 is 11.6 Å². The van der Waals surface area contributed by atoms with Crippen molar-refractivity contribution in [1.82, 2.24) is 0 Å². The van der Waals surface area contributed by atoms with Crippen molar-refractivity contribution in [2.24, 2.45) is 5.10 Å². The molecule has 2 rings (SSSR count). The lowest BCUT2D eigenvalue weighted by atomic mass is 10.1. The van der Waals surface area contributed by atoms with Crippen molar-refractivity contribution in [3.63, 3.8) is 0 Å². The number of nitrogens with one attached hydrogen (secondary N) is 1. The number of anilines is 1. The first-order valence-electron chi connectivity index (χ1n) is 7.15. The fraction of sp³-hybridized carbons (Fsp3) is 0.235. The van der Waals surface area contributed by atoms with Gasteiger partial charge in [0.25, 0.3) is 0 Å². The third kappa shape index (κ3) is 4.57. The SMILES string of the molecule is COc1ccc(/C(C)=N/Nc2cc(C(F)(F)F)ccc2Cl)c(OC)c1. The van der Waals surface area contributed by atoms with Gasteiger partial charge in [0, 0.05) is 11.6 Å². The molecule has 2 aromatic carbocycles. The fourth-order valence-corrected chi connectivity index (χ4v) is 2.25. The van der Waals surface area contributed by atoms with Crippen molar-refractivity contribution in [3.05, 3.63) is 52.5 Å². The average Bonchev–Trinajstić information content (AvgIpc) is 2.59. The Hall–Kier alpha value is -2.41. The molecule has 0 aliphatic rings. The van der Waals surface area contributed by atoms with Crippen LogP contribution in [0.3, 0.4) is 0 Å². The van der Waals surface area contributed by atoms with E-state index in [-0.39, 0.29) is 10.7 Å². The zero-order valence-corrected chi connectivity index (χ0v) is 14.5. The standard InChI is InChI=1S/C17H16ClF3N2O2/c1-10(13-6-5-12(24-2)9-16(13)25-3)22-23-15-8-11(17(19,20)21)4-7-14(15)18/h4-9,23H,1-3H3/b22-10+. The second-order valence-corrected chi connectivity index (χ2v) is 5.47. The van der Waals surface area contributed by atoms with Crippen molar-refractivity contribution in [3.8, 4) is 11.5 Å². The molecule has 0 heterocycles. The molecule has 0 radical (unpaired) electrons. The molecule has 25 heavy (non-hydrogen) atoms. The zero-order valence-electron chi connectivity index (χ0n) is 13.7. The van der Waals surface area contributed by atoms with Gasteiger partial charge in [0.1, 0.15) is 11.5 Å². The van der Waals surface area contributed by atoms with Gasteiger partial charge in [-0.3, -0.25) is 5.43 Å². The summed E-state index contributed by atoms with van der Waals surface area (Å²) in [5.74, 6) is 1.14. The molecular formula is C17H16ClF3N2O2. The third-order valence-electron chi connectivity index (χ3n) is 3.44. The summed E-state index contributed by atoms with van der Waals surface area (Å²) in [6, 6.07) is 8.15. The quantitative estimate of drug-likeness (QED) is 0.578. The molecule has 8 heteroatoms. The molecule has 0 bridgehead atoms. The number of ether oxygens (including phenoxy) is 2. The van der Waals surface area contributed by atoms with E-state index >= 15 is 0 Å². The van der Waals surface area contributed by atoms with Crippen LogP contribution in [-0.4, -0.2) is 19.9 Å². The van der Waals surface area contributed by atoms with Crippen molar-refractivity contribution < 1.29 is 22.6 Å². The second-order valence-electron chi connectivity index (χ2n) is 5.07. The minimum Gasteiger partial charge on any atom is -0.497 e. The number of alkyl halides is 3. The van der Waals surface area contributed by atoms with Crippen molar-refractivity contribution >= 4 is 23.0 Å².